The van der Waals surface area contributed by atoms with Gasteiger partial charge in [0.1, 0.15) is 0 Å². The van der Waals surface area contributed by atoms with Crippen LogP contribution in [0.15, 0.2) is 183 Å². The lowest BCUT2D eigenvalue weighted by Gasteiger charge is -2.41. The number of nitrogens with one attached hydrogen (secondary N) is 2. The first-order valence-electron chi connectivity index (χ1n) is 22.7. The van der Waals surface area contributed by atoms with E-state index in [0.717, 1.165) is 67.3 Å². The Morgan fingerprint density at radius 2 is 0.937 bits per heavy atom. The summed E-state index contributed by atoms with van der Waals surface area (Å²) in [5.74, 6) is 0. The van der Waals surface area contributed by atoms with E-state index >= 15 is 0 Å². The Morgan fingerprint density at radius 3 is 1.41 bits per heavy atom. The average Bonchev–Trinajstić information content (AvgIpc) is 3.31. The molecule has 2 N–H and O–H groups in total. The summed E-state index contributed by atoms with van der Waals surface area (Å²) in [6, 6.07) is 58.4. The van der Waals surface area contributed by atoms with E-state index in [0.29, 0.717) is 0 Å². The summed E-state index contributed by atoms with van der Waals surface area (Å²) in [6.45, 7) is 25.4. The topological polar surface area (TPSA) is 30.5 Å². The number of nitrogens with zero attached hydrogens (tertiary/aromatic N) is 2. The van der Waals surface area contributed by atoms with Gasteiger partial charge in [0.2, 0.25) is 0 Å². The number of aryl methyl sites for hydroxylation is 2. The predicted molar refractivity (Wildman–Crippen MR) is 274 cm³/mol. The van der Waals surface area contributed by atoms with Crippen LogP contribution in [0.5, 0.6) is 0 Å². The molecule has 0 bridgehead atoms. The Hall–Kier alpha value is -6.78. The number of hydrogen-bond donors (Lipinski definition) is 2. The zero-order valence-electron chi connectivity index (χ0n) is 38.2. The first-order chi connectivity index (χ1) is 30.8. The summed E-state index contributed by atoms with van der Waals surface area (Å²) in [5, 5.41) is 7.58. The third kappa shape index (κ3) is 9.22. The van der Waals surface area contributed by atoms with Gasteiger partial charge in [-0.15, -0.1) is 13.2 Å². The van der Waals surface area contributed by atoms with Crippen LogP contribution in [0.3, 0.4) is 0 Å². The van der Waals surface area contributed by atoms with Crippen LogP contribution in [0.2, 0.25) is 0 Å². The third-order valence-electron chi connectivity index (χ3n) is 12.6. The Balaban J connectivity index is 1.55. The highest BCUT2D eigenvalue weighted by molar-refractivity contribution is 5.81. The molecule has 4 nitrogen and oxygen atoms in total. The van der Waals surface area contributed by atoms with E-state index < -0.39 is 5.41 Å². The molecule has 4 heteroatoms. The van der Waals surface area contributed by atoms with Crippen molar-refractivity contribution in [1.82, 2.24) is 0 Å². The third-order valence-corrected chi connectivity index (χ3v) is 12.6. The molecule has 0 atom stereocenters. The van der Waals surface area contributed by atoms with Gasteiger partial charge in [0.15, 0.2) is 0 Å². The Bertz CT molecular complexity index is 2570. The van der Waals surface area contributed by atoms with Crippen molar-refractivity contribution in [3.8, 4) is 11.1 Å². The van der Waals surface area contributed by atoms with Crippen molar-refractivity contribution in [2.24, 2.45) is 0 Å². The van der Waals surface area contributed by atoms with Crippen LogP contribution in [0.25, 0.3) is 11.1 Å². The Morgan fingerprint density at radius 1 is 0.476 bits per heavy atom. The first kappa shape index (κ1) is 44.3. The molecule has 0 heterocycles. The zero-order valence-corrected chi connectivity index (χ0v) is 38.2. The molecule has 7 aromatic rings. The molecule has 7 aromatic carbocycles. The summed E-state index contributed by atoms with van der Waals surface area (Å²) in [4.78, 5) is 4.88. The number of para-hydroxylation sites is 2. The molecule has 0 radical (unpaired) electrons. The molecular formula is C59H64N4. The van der Waals surface area contributed by atoms with Gasteiger partial charge < -0.3 is 20.4 Å². The molecule has 0 saturated carbocycles. The second-order valence-electron chi connectivity index (χ2n) is 16.3. The average molecular weight is 829 g/mol. The summed E-state index contributed by atoms with van der Waals surface area (Å²) in [6.07, 6.45) is 5.51. The van der Waals surface area contributed by atoms with Crippen LogP contribution >= 0.6 is 0 Å². The standard InChI is InChI=1S/C59H64N4/c1-9-22-46-24-18-20-28-57(46)60-49-32-30-45(31-33-49)53-37-34-50(61-58-29-21-19-25-47(58)23-10-2)42-56(53)59(48-26-16-15-17-27-48,54-38-35-51(40-43(54)7)62(11-3)12-4)55-39-36-52(41-44(55)8)63(13-5)14-6/h9-10,15-21,24-42,60-61H,1-2,11-14,22-23H2,3-8H3. The van der Waals surface area contributed by atoms with E-state index in [2.05, 4.69) is 233 Å². The molecule has 7 rings (SSSR count). The largest absolute Gasteiger partial charge is 0.372 e. The van der Waals surface area contributed by atoms with Crippen LogP contribution in [-0.2, 0) is 18.3 Å². The zero-order chi connectivity index (χ0) is 44.3. The molecule has 0 spiro atoms. The van der Waals surface area contributed by atoms with Crippen molar-refractivity contribution < 1.29 is 0 Å². The van der Waals surface area contributed by atoms with Gasteiger partial charge in [-0.05, 0) is 171 Å². The van der Waals surface area contributed by atoms with Crippen molar-refractivity contribution in [2.45, 2.75) is 59.8 Å². The SMILES string of the molecule is C=CCc1ccccc1Nc1ccc(-c2ccc(Nc3ccccc3CC=C)cc2C(c2ccccc2)(c2ccc(N(CC)CC)cc2C)c2ccc(N(CC)CC)cc2C)cc1. The minimum atomic E-state index is -0.729. The highest BCUT2D eigenvalue weighted by Crippen LogP contribution is 2.52. The highest BCUT2D eigenvalue weighted by atomic mass is 15.1. The van der Waals surface area contributed by atoms with Gasteiger partial charge in [-0.1, -0.05) is 109 Å². The van der Waals surface area contributed by atoms with Crippen molar-refractivity contribution in [3.05, 3.63) is 228 Å². The molecule has 0 aromatic heterocycles. The smallest absolute Gasteiger partial charge is 0.0713 e. The quantitative estimate of drug-likeness (QED) is 0.0628. The first-order valence-corrected chi connectivity index (χ1v) is 22.7. The summed E-state index contributed by atoms with van der Waals surface area (Å²) in [5.41, 5.74) is 18.1. The fourth-order valence-corrected chi connectivity index (χ4v) is 9.48. The van der Waals surface area contributed by atoms with Crippen LogP contribution < -0.4 is 20.4 Å². The van der Waals surface area contributed by atoms with Crippen molar-refractivity contribution in [1.29, 1.82) is 0 Å². The second-order valence-corrected chi connectivity index (χ2v) is 16.3. The lowest BCUT2D eigenvalue weighted by atomic mass is 9.61. The van der Waals surface area contributed by atoms with Gasteiger partial charge in [-0.2, -0.15) is 0 Å². The number of anilines is 6. The van der Waals surface area contributed by atoms with E-state index in [9.17, 15) is 0 Å². The minimum Gasteiger partial charge on any atom is -0.372 e. The van der Waals surface area contributed by atoms with Crippen LogP contribution in [0.1, 0.15) is 72.2 Å². The Kier molecular flexibility index (Phi) is 14.3. The van der Waals surface area contributed by atoms with Gasteiger partial charge in [0, 0.05) is 60.3 Å². The minimum absolute atomic E-state index is 0.729. The lowest BCUT2D eigenvalue weighted by molar-refractivity contribution is 0.732. The van der Waals surface area contributed by atoms with Crippen molar-refractivity contribution in [3.63, 3.8) is 0 Å². The van der Waals surface area contributed by atoms with Gasteiger partial charge >= 0.3 is 0 Å². The number of allylic oxidation sites excluding steroid dienone is 2. The molecule has 0 aliphatic carbocycles. The van der Waals surface area contributed by atoms with Crippen molar-refractivity contribution >= 4 is 34.1 Å². The van der Waals surface area contributed by atoms with Crippen molar-refractivity contribution in [2.75, 3.05) is 46.6 Å². The fraction of sp³-hybridized carbons (Fsp3) is 0.220. The van der Waals surface area contributed by atoms with Crippen LogP contribution in [-0.4, -0.2) is 26.2 Å². The number of hydrogen-bond acceptors (Lipinski definition) is 4. The molecule has 320 valence electrons. The molecule has 0 unspecified atom stereocenters. The van der Waals surface area contributed by atoms with Crippen LogP contribution in [0.4, 0.5) is 34.1 Å². The van der Waals surface area contributed by atoms with E-state index in [-0.39, 0.29) is 0 Å². The molecule has 0 fully saturated rings. The predicted octanol–water partition coefficient (Wildman–Crippen LogP) is 15.0. The van der Waals surface area contributed by atoms with Gasteiger partial charge in [-0.25, -0.2) is 0 Å². The summed E-state index contributed by atoms with van der Waals surface area (Å²) >= 11 is 0. The van der Waals surface area contributed by atoms with E-state index in [1.165, 1.54) is 61.4 Å². The van der Waals surface area contributed by atoms with Crippen LogP contribution in [0, 0.1) is 13.8 Å². The molecule has 0 aliphatic heterocycles. The monoisotopic (exact) mass is 829 g/mol. The maximum absolute atomic E-state index is 4.07. The number of benzene rings is 7. The van der Waals surface area contributed by atoms with E-state index in [1.54, 1.807) is 0 Å². The lowest BCUT2D eigenvalue weighted by Crippen LogP contribution is -2.34. The molecule has 0 aliphatic rings. The highest BCUT2D eigenvalue weighted by Gasteiger charge is 2.42. The van der Waals surface area contributed by atoms with E-state index in [4.69, 9.17) is 0 Å². The number of rotatable bonds is 19. The molecule has 63 heavy (non-hydrogen) atoms. The normalized spacial score (nSPS) is 11.2. The van der Waals surface area contributed by atoms with Gasteiger partial charge in [-0.3, -0.25) is 0 Å². The fourth-order valence-electron chi connectivity index (χ4n) is 9.48. The van der Waals surface area contributed by atoms with E-state index in [1.807, 2.05) is 12.2 Å². The van der Waals surface area contributed by atoms with Gasteiger partial charge in [0.05, 0.1) is 5.41 Å². The summed E-state index contributed by atoms with van der Waals surface area (Å²) in [7, 11) is 0. The molecule has 0 amide bonds. The maximum atomic E-state index is 4.07. The van der Waals surface area contributed by atoms with Gasteiger partial charge in [0.25, 0.3) is 0 Å². The summed E-state index contributed by atoms with van der Waals surface area (Å²) < 4.78 is 0. The molecular weight excluding hydrogens is 765 g/mol. The maximum Gasteiger partial charge on any atom is 0.0713 e. The molecule has 0 saturated heterocycles. The second kappa shape index (κ2) is 20.4. The Labute approximate surface area is 377 Å².